The van der Waals surface area contributed by atoms with Crippen LogP contribution in [0.1, 0.15) is 31.9 Å². The number of allylic oxidation sites excluding steroid dienone is 1. The van der Waals surface area contributed by atoms with Crippen LogP contribution in [0.3, 0.4) is 0 Å². The monoisotopic (exact) mass is 432 g/mol. The summed E-state index contributed by atoms with van der Waals surface area (Å²) in [4.78, 5) is 17.7. The van der Waals surface area contributed by atoms with Gasteiger partial charge >= 0.3 is 5.97 Å². The fraction of sp³-hybridized carbons (Fsp3) is 0.292. The summed E-state index contributed by atoms with van der Waals surface area (Å²) in [6.45, 7) is 5.11. The first-order valence-electron chi connectivity index (χ1n) is 10.7. The predicted octanol–water partition coefficient (Wildman–Crippen LogP) is 3.96. The molecule has 1 aromatic heterocycles. The standard InChI is InChI=1S/C24H24N4O4/c1-3-30-23(29)20-15(2)25-24-26-22(16-8-5-4-6-9-16)27-28(24)21(20)17-10-11-18-19(14-17)32-13-7-12-31-18/h4-6,8-11,14,21H,3,7,12-13H2,1-2H3,(H,25,26,27). The van der Waals surface area contributed by atoms with Gasteiger partial charge in [-0.3, -0.25) is 0 Å². The summed E-state index contributed by atoms with van der Waals surface area (Å²) in [6.07, 6.45) is 0.818. The Morgan fingerprint density at radius 3 is 2.72 bits per heavy atom. The van der Waals surface area contributed by atoms with Crippen molar-refractivity contribution in [2.75, 3.05) is 25.1 Å². The van der Waals surface area contributed by atoms with Gasteiger partial charge in [-0.05, 0) is 31.5 Å². The number of carbonyl (C=O) groups is 1. The number of nitrogens with zero attached hydrogens (tertiary/aromatic N) is 3. The van der Waals surface area contributed by atoms with E-state index in [0.717, 1.165) is 17.5 Å². The van der Waals surface area contributed by atoms with Gasteiger partial charge in [0.1, 0.15) is 6.04 Å². The molecule has 32 heavy (non-hydrogen) atoms. The summed E-state index contributed by atoms with van der Waals surface area (Å²) in [6, 6.07) is 14.9. The van der Waals surface area contributed by atoms with Crippen LogP contribution in [0.25, 0.3) is 11.4 Å². The van der Waals surface area contributed by atoms with Crippen molar-refractivity contribution >= 4 is 11.9 Å². The van der Waals surface area contributed by atoms with Crippen LogP contribution < -0.4 is 14.8 Å². The van der Waals surface area contributed by atoms with Crippen LogP contribution >= 0.6 is 0 Å². The number of rotatable bonds is 4. The maximum Gasteiger partial charge on any atom is 0.338 e. The molecule has 0 aliphatic carbocycles. The molecule has 2 aliphatic heterocycles. The lowest BCUT2D eigenvalue weighted by molar-refractivity contribution is -0.139. The van der Waals surface area contributed by atoms with Gasteiger partial charge in [-0.2, -0.15) is 4.98 Å². The second-order valence-electron chi connectivity index (χ2n) is 7.61. The second kappa shape index (κ2) is 8.37. The third kappa shape index (κ3) is 3.57. The summed E-state index contributed by atoms with van der Waals surface area (Å²) in [5.41, 5.74) is 2.89. The Labute approximate surface area is 185 Å². The third-order valence-electron chi connectivity index (χ3n) is 5.47. The van der Waals surface area contributed by atoms with Crippen LogP contribution in [0.2, 0.25) is 0 Å². The summed E-state index contributed by atoms with van der Waals surface area (Å²) in [5.74, 6) is 2.10. The van der Waals surface area contributed by atoms with E-state index in [2.05, 4.69) is 10.3 Å². The molecule has 1 N–H and O–H groups in total. The molecule has 3 aromatic rings. The molecule has 8 heteroatoms. The molecular weight excluding hydrogens is 408 g/mol. The number of aromatic nitrogens is 3. The minimum absolute atomic E-state index is 0.281. The predicted molar refractivity (Wildman–Crippen MR) is 119 cm³/mol. The molecule has 1 unspecified atom stereocenters. The number of carbonyl (C=O) groups excluding carboxylic acids is 1. The van der Waals surface area contributed by atoms with Crippen molar-refractivity contribution in [1.82, 2.24) is 14.8 Å². The van der Waals surface area contributed by atoms with E-state index in [1.54, 1.807) is 11.6 Å². The Morgan fingerprint density at radius 2 is 1.94 bits per heavy atom. The minimum atomic E-state index is -0.521. The van der Waals surface area contributed by atoms with Crippen LogP contribution in [0.5, 0.6) is 11.5 Å². The first-order chi connectivity index (χ1) is 15.7. The van der Waals surface area contributed by atoms with Gasteiger partial charge in [0.25, 0.3) is 0 Å². The molecule has 0 saturated heterocycles. The van der Waals surface area contributed by atoms with Gasteiger partial charge in [0.2, 0.25) is 5.95 Å². The second-order valence-corrected chi connectivity index (χ2v) is 7.61. The number of ether oxygens (including phenoxy) is 3. The number of benzene rings is 2. The topological polar surface area (TPSA) is 87.5 Å². The Kier molecular flexibility index (Phi) is 5.26. The van der Waals surface area contributed by atoms with Crippen molar-refractivity contribution in [3.8, 4) is 22.9 Å². The lowest BCUT2D eigenvalue weighted by atomic mass is 9.95. The molecule has 0 bridgehead atoms. The molecule has 5 rings (SSSR count). The van der Waals surface area contributed by atoms with E-state index in [1.807, 2.05) is 55.5 Å². The van der Waals surface area contributed by atoms with Crippen LogP contribution in [-0.2, 0) is 9.53 Å². The molecule has 0 radical (unpaired) electrons. The number of esters is 1. The largest absolute Gasteiger partial charge is 0.490 e. The quantitative estimate of drug-likeness (QED) is 0.625. The maximum absolute atomic E-state index is 13.0. The fourth-order valence-electron chi connectivity index (χ4n) is 3.99. The van der Waals surface area contributed by atoms with Crippen molar-refractivity contribution in [2.24, 2.45) is 0 Å². The van der Waals surface area contributed by atoms with Gasteiger partial charge in [0, 0.05) is 17.7 Å². The van der Waals surface area contributed by atoms with Gasteiger partial charge in [-0.25, -0.2) is 9.48 Å². The molecule has 0 saturated carbocycles. The van der Waals surface area contributed by atoms with Gasteiger partial charge in [-0.15, -0.1) is 5.10 Å². The van der Waals surface area contributed by atoms with Crippen LogP contribution in [0, 0.1) is 0 Å². The summed E-state index contributed by atoms with van der Waals surface area (Å²) < 4.78 is 18.8. The Bertz CT molecular complexity index is 1190. The molecule has 164 valence electrons. The van der Waals surface area contributed by atoms with Crippen molar-refractivity contribution in [3.63, 3.8) is 0 Å². The first-order valence-corrected chi connectivity index (χ1v) is 10.7. The van der Waals surface area contributed by atoms with Crippen molar-refractivity contribution < 1.29 is 19.0 Å². The van der Waals surface area contributed by atoms with E-state index in [4.69, 9.17) is 19.3 Å². The molecule has 3 heterocycles. The Balaban J connectivity index is 1.64. The van der Waals surface area contributed by atoms with Crippen molar-refractivity contribution in [3.05, 3.63) is 65.4 Å². The Morgan fingerprint density at radius 1 is 1.16 bits per heavy atom. The number of hydrogen-bond acceptors (Lipinski definition) is 7. The molecule has 0 spiro atoms. The summed E-state index contributed by atoms with van der Waals surface area (Å²) in [7, 11) is 0. The first kappa shape index (κ1) is 20.1. The molecule has 8 nitrogen and oxygen atoms in total. The molecule has 0 amide bonds. The van der Waals surface area contributed by atoms with Crippen LogP contribution in [0.15, 0.2) is 59.8 Å². The third-order valence-corrected chi connectivity index (χ3v) is 5.47. The Hall–Kier alpha value is -3.81. The molecule has 2 aromatic carbocycles. The SMILES string of the molecule is CCOC(=O)C1=C(C)Nc2nc(-c3ccccc3)nn2C1c1ccc2c(c1)OCCCO2. The molecule has 1 atom stereocenters. The van der Waals surface area contributed by atoms with E-state index in [-0.39, 0.29) is 6.61 Å². The number of fused-ring (bicyclic) bond motifs is 2. The van der Waals surface area contributed by atoms with E-state index in [9.17, 15) is 4.79 Å². The molecule has 0 fully saturated rings. The highest BCUT2D eigenvalue weighted by atomic mass is 16.5. The van der Waals surface area contributed by atoms with E-state index in [0.29, 0.717) is 47.8 Å². The molecular formula is C24H24N4O4. The number of nitrogens with one attached hydrogen (secondary N) is 1. The summed E-state index contributed by atoms with van der Waals surface area (Å²) >= 11 is 0. The zero-order chi connectivity index (χ0) is 22.1. The highest BCUT2D eigenvalue weighted by molar-refractivity contribution is 5.92. The number of hydrogen-bond donors (Lipinski definition) is 1. The smallest absolute Gasteiger partial charge is 0.338 e. The van der Waals surface area contributed by atoms with Crippen LogP contribution in [-0.4, -0.2) is 40.6 Å². The zero-order valence-corrected chi connectivity index (χ0v) is 18.0. The van der Waals surface area contributed by atoms with Crippen LogP contribution in [0.4, 0.5) is 5.95 Å². The highest BCUT2D eigenvalue weighted by Crippen LogP contribution is 2.40. The summed E-state index contributed by atoms with van der Waals surface area (Å²) in [5, 5.41) is 7.99. The van der Waals surface area contributed by atoms with E-state index < -0.39 is 12.0 Å². The highest BCUT2D eigenvalue weighted by Gasteiger charge is 2.36. The van der Waals surface area contributed by atoms with Gasteiger partial charge < -0.3 is 19.5 Å². The van der Waals surface area contributed by atoms with Gasteiger partial charge in [-0.1, -0.05) is 36.4 Å². The van der Waals surface area contributed by atoms with E-state index in [1.165, 1.54) is 0 Å². The lowest BCUT2D eigenvalue weighted by Gasteiger charge is -2.28. The van der Waals surface area contributed by atoms with E-state index >= 15 is 0 Å². The van der Waals surface area contributed by atoms with Gasteiger partial charge in [0.15, 0.2) is 17.3 Å². The zero-order valence-electron chi connectivity index (χ0n) is 18.0. The molecule has 2 aliphatic rings. The van der Waals surface area contributed by atoms with Crippen molar-refractivity contribution in [2.45, 2.75) is 26.3 Å². The average molecular weight is 432 g/mol. The normalized spacial score (nSPS) is 17.2. The average Bonchev–Trinajstić information content (AvgIpc) is 3.08. The minimum Gasteiger partial charge on any atom is -0.490 e. The van der Waals surface area contributed by atoms with Gasteiger partial charge in [0.05, 0.1) is 25.4 Å². The number of anilines is 1. The fourth-order valence-corrected chi connectivity index (χ4v) is 3.99. The van der Waals surface area contributed by atoms with Crippen molar-refractivity contribution in [1.29, 1.82) is 0 Å². The lowest BCUT2D eigenvalue weighted by Crippen LogP contribution is -2.29. The maximum atomic E-state index is 13.0.